The fourth-order valence-electron chi connectivity index (χ4n) is 4.44. The Morgan fingerprint density at radius 1 is 1.11 bits per heavy atom. The lowest BCUT2D eigenvalue weighted by atomic mass is 10.0. The molecule has 2 aliphatic heterocycles. The number of hydrazine groups is 1. The number of hydrogen-bond donors (Lipinski definition) is 3. The number of anilines is 2. The molecular formula is C27H29ClN6OS. The third-order valence-corrected chi connectivity index (χ3v) is 7.86. The highest BCUT2D eigenvalue weighted by Gasteiger charge is 2.40. The predicted molar refractivity (Wildman–Crippen MR) is 147 cm³/mol. The Hall–Kier alpha value is -2.93. The van der Waals surface area contributed by atoms with Gasteiger partial charge in [-0.05, 0) is 43.2 Å². The summed E-state index contributed by atoms with van der Waals surface area (Å²) in [4.78, 5) is 22.2. The summed E-state index contributed by atoms with van der Waals surface area (Å²) in [6.07, 6.45) is 8.22. The number of thiazole rings is 1. The molecule has 3 aromatic rings. The Labute approximate surface area is 220 Å². The van der Waals surface area contributed by atoms with Gasteiger partial charge >= 0.3 is 0 Å². The van der Waals surface area contributed by atoms with Crippen LogP contribution in [0.5, 0.6) is 0 Å². The zero-order chi connectivity index (χ0) is 25.0. The number of terminal acetylenes is 1. The van der Waals surface area contributed by atoms with Gasteiger partial charge in [-0.15, -0.1) is 23.7 Å². The summed E-state index contributed by atoms with van der Waals surface area (Å²) in [6.45, 7) is 5.02. The van der Waals surface area contributed by atoms with E-state index in [1.807, 2.05) is 53.9 Å². The van der Waals surface area contributed by atoms with Crippen molar-refractivity contribution in [2.45, 2.75) is 24.9 Å². The van der Waals surface area contributed by atoms with Gasteiger partial charge in [0.25, 0.3) is 5.91 Å². The van der Waals surface area contributed by atoms with Crippen molar-refractivity contribution in [2.75, 3.05) is 42.9 Å². The van der Waals surface area contributed by atoms with E-state index in [0.717, 1.165) is 68.9 Å². The number of halogens is 1. The van der Waals surface area contributed by atoms with E-state index in [1.54, 1.807) is 0 Å². The second-order valence-corrected chi connectivity index (χ2v) is 10.4. The fourth-order valence-corrected chi connectivity index (χ4v) is 5.38. The molecule has 2 aliphatic rings. The molecule has 2 saturated heterocycles. The molecular weight excluding hydrogens is 492 g/mol. The Kier molecular flexibility index (Phi) is 7.56. The molecule has 0 radical (unpaired) electrons. The highest BCUT2D eigenvalue weighted by Crippen LogP contribution is 2.30. The van der Waals surface area contributed by atoms with Crippen LogP contribution in [0.3, 0.4) is 0 Å². The number of piperazine rings is 1. The van der Waals surface area contributed by atoms with Gasteiger partial charge in [0.05, 0.1) is 11.4 Å². The predicted octanol–water partition coefficient (Wildman–Crippen LogP) is 4.45. The molecule has 1 amide bonds. The van der Waals surface area contributed by atoms with Crippen LogP contribution in [0.25, 0.3) is 11.3 Å². The van der Waals surface area contributed by atoms with Crippen molar-refractivity contribution in [1.29, 1.82) is 0 Å². The minimum absolute atomic E-state index is 0.0364. The summed E-state index contributed by atoms with van der Waals surface area (Å²) in [5.74, 6) is 2.55. The standard InChI is InChI=1S/C27H29ClN6OS/c1-2-3-12-27(31-32-27)13-14-33-15-17-34(18-16-33)21-10-8-20(9-11-21)25(35)30-26-29-24(19-36-26)22-6-4-5-7-23(22)28/h1,4-11,19,31-32H,3,12-18H2,(H,29,30,35). The second kappa shape index (κ2) is 11.0. The molecule has 0 unspecified atom stereocenters. The van der Waals surface area contributed by atoms with Crippen LogP contribution in [0, 0.1) is 12.3 Å². The van der Waals surface area contributed by atoms with E-state index in [-0.39, 0.29) is 11.6 Å². The van der Waals surface area contributed by atoms with E-state index in [4.69, 9.17) is 18.0 Å². The second-order valence-electron chi connectivity index (χ2n) is 9.13. The van der Waals surface area contributed by atoms with E-state index in [1.165, 1.54) is 11.3 Å². The molecule has 5 rings (SSSR count). The minimum Gasteiger partial charge on any atom is -0.369 e. The number of carbonyl (C=O) groups is 1. The zero-order valence-electron chi connectivity index (χ0n) is 20.0. The maximum atomic E-state index is 12.8. The third-order valence-electron chi connectivity index (χ3n) is 6.77. The van der Waals surface area contributed by atoms with E-state index < -0.39 is 0 Å². The molecule has 9 heteroatoms. The molecule has 0 bridgehead atoms. The molecule has 3 heterocycles. The van der Waals surface area contributed by atoms with E-state index in [0.29, 0.717) is 15.7 Å². The third kappa shape index (κ3) is 5.89. The van der Waals surface area contributed by atoms with Crippen LogP contribution in [0.1, 0.15) is 29.6 Å². The molecule has 0 atom stereocenters. The van der Waals surface area contributed by atoms with E-state index >= 15 is 0 Å². The number of amides is 1. The fraction of sp³-hybridized carbons (Fsp3) is 0.333. The maximum Gasteiger partial charge on any atom is 0.257 e. The van der Waals surface area contributed by atoms with Gasteiger partial charge in [0, 0.05) is 66.4 Å². The molecule has 2 aromatic carbocycles. The summed E-state index contributed by atoms with van der Waals surface area (Å²) in [5.41, 5.74) is 9.93. The first-order valence-electron chi connectivity index (χ1n) is 12.1. The SMILES string of the molecule is C#CCCC1(CCN2CCN(c3ccc(C(=O)Nc4nc(-c5ccccc5Cl)cs4)cc3)CC2)NN1. The number of benzene rings is 2. The molecule has 0 spiro atoms. The monoisotopic (exact) mass is 520 g/mol. The number of rotatable bonds is 9. The molecule has 1 aromatic heterocycles. The Bertz CT molecular complexity index is 1240. The lowest BCUT2D eigenvalue weighted by Crippen LogP contribution is -2.47. The largest absolute Gasteiger partial charge is 0.369 e. The van der Waals surface area contributed by atoms with Crippen molar-refractivity contribution in [1.82, 2.24) is 20.7 Å². The van der Waals surface area contributed by atoms with Crippen LogP contribution >= 0.6 is 22.9 Å². The highest BCUT2D eigenvalue weighted by molar-refractivity contribution is 7.14. The first kappa shape index (κ1) is 24.8. The van der Waals surface area contributed by atoms with Crippen LogP contribution in [0.2, 0.25) is 5.02 Å². The van der Waals surface area contributed by atoms with Crippen LogP contribution in [0.15, 0.2) is 53.9 Å². The minimum atomic E-state index is -0.174. The number of carbonyl (C=O) groups excluding carboxylic acids is 1. The van der Waals surface area contributed by atoms with Crippen LogP contribution in [-0.2, 0) is 0 Å². The van der Waals surface area contributed by atoms with Crippen LogP contribution in [-0.4, -0.2) is 54.2 Å². The molecule has 186 valence electrons. The summed E-state index contributed by atoms with van der Waals surface area (Å²) < 4.78 is 0. The van der Waals surface area contributed by atoms with Crippen molar-refractivity contribution < 1.29 is 4.79 Å². The average molecular weight is 521 g/mol. The lowest BCUT2D eigenvalue weighted by Gasteiger charge is -2.36. The molecule has 36 heavy (non-hydrogen) atoms. The van der Waals surface area contributed by atoms with Crippen LogP contribution < -0.4 is 21.1 Å². The van der Waals surface area contributed by atoms with Gasteiger partial charge < -0.3 is 4.90 Å². The Morgan fingerprint density at radius 2 is 1.86 bits per heavy atom. The quantitative estimate of drug-likeness (QED) is 0.285. The molecule has 0 aliphatic carbocycles. The van der Waals surface area contributed by atoms with E-state index in [2.05, 4.69) is 36.9 Å². The van der Waals surface area contributed by atoms with Gasteiger partial charge in [-0.3, -0.25) is 15.0 Å². The zero-order valence-corrected chi connectivity index (χ0v) is 21.5. The summed E-state index contributed by atoms with van der Waals surface area (Å²) in [6, 6.07) is 15.3. The number of hydrogen-bond acceptors (Lipinski definition) is 7. The van der Waals surface area contributed by atoms with Gasteiger partial charge in [0.15, 0.2) is 5.13 Å². The van der Waals surface area contributed by atoms with Crippen molar-refractivity contribution in [3.8, 4) is 23.6 Å². The molecule has 7 nitrogen and oxygen atoms in total. The average Bonchev–Trinajstić information content (AvgIpc) is 3.54. The smallest absolute Gasteiger partial charge is 0.257 e. The molecule has 0 saturated carbocycles. The topological polar surface area (TPSA) is 92.3 Å². The van der Waals surface area contributed by atoms with Crippen molar-refractivity contribution in [2.24, 2.45) is 0 Å². The van der Waals surface area contributed by atoms with Gasteiger partial charge in [0.1, 0.15) is 0 Å². The summed E-state index contributed by atoms with van der Waals surface area (Å²) >= 11 is 7.65. The lowest BCUT2D eigenvalue weighted by molar-refractivity contribution is 0.102. The first-order chi connectivity index (χ1) is 17.5. The van der Waals surface area contributed by atoms with Crippen molar-refractivity contribution >= 4 is 39.7 Å². The van der Waals surface area contributed by atoms with Crippen molar-refractivity contribution in [3.05, 3.63) is 64.5 Å². The van der Waals surface area contributed by atoms with E-state index in [9.17, 15) is 4.79 Å². The number of nitrogens with zero attached hydrogens (tertiary/aromatic N) is 3. The summed E-state index contributed by atoms with van der Waals surface area (Å²) in [5, 5.41) is 5.98. The van der Waals surface area contributed by atoms with Gasteiger partial charge in [-0.2, -0.15) is 0 Å². The Balaban J connectivity index is 1.11. The normalized spacial score (nSPS) is 16.9. The van der Waals surface area contributed by atoms with Crippen LogP contribution in [0.4, 0.5) is 10.8 Å². The summed E-state index contributed by atoms with van der Waals surface area (Å²) in [7, 11) is 0. The number of aromatic nitrogens is 1. The molecule has 2 fully saturated rings. The van der Waals surface area contributed by atoms with Gasteiger partial charge in [-0.25, -0.2) is 15.8 Å². The van der Waals surface area contributed by atoms with Gasteiger partial charge in [0.2, 0.25) is 0 Å². The molecule has 3 N–H and O–H groups in total. The maximum absolute atomic E-state index is 12.8. The Morgan fingerprint density at radius 3 is 2.56 bits per heavy atom. The highest BCUT2D eigenvalue weighted by atomic mass is 35.5. The number of nitrogens with one attached hydrogen (secondary N) is 3. The van der Waals surface area contributed by atoms with Gasteiger partial charge in [-0.1, -0.05) is 29.8 Å². The van der Waals surface area contributed by atoms with Crippen molar-refractivity contribution in [3.63, 3.8) is 0 Å². The first-order valence-corrected chi connectivity index (χ1v) is 13.4.